The Morgan fingerprint density at radius 3 is 2.62 bits per heavy atom. The number of rotatable bonds is 6. The Kier molecular flexibility index (Phi) is 4.87. The van der Waals surface area contributed by atoms with Crippen molar-refractivity contribution >= 4 is 17.5 Å². The van der Waals surface area contributed by atoms with Crippen LogP contribution in [0.1, 0.15) is 25.3 Å². The van der Waals surface area contributed by atoms with Crippen LogP contribution in [0.3, 0.4) is 0 Å². The minimum Gasteiger partial charge on any atom is -0.337 e. The molecule has 1 saturated carbocycles. The smallest absolute Gasteiger partial charge is 0.235 e. The molecule has 5 heteroatoms. The number of carbonyl (C=O) groups is 1. The second kappa shape index (κ2) is 6.46. The Hall–Kier alpha value is -1.57. The molecule has 0 saturated heterocycles. The van der Waals surface area contributed by atoms with Gasteiger partial charge >= 0.3 is 0 Å². The molecule has 0 unspecified atom stereocenters. The molecular formula is C16H20ClN3O. The minimum absolute atomic E-state index is 0.109. The van der Waals surface area contributed by atoms with Crippen LogP contribution in [0.5, 0.6) is 0 Å². The summed E-state index contributed by atoms with van der Waals surface area (Å²) in [5, 5.41) is 12.8. The van der Waals surface area contributed by atoms with Gasteiger partial charge < -0.3 is 5.32 Å². The maximum Gasteiger partial charge on any atom is 0.235 e. The summed E-state index contributed by atoms with van der Waals surface area (Å²) in [5.74, 6) is 0.190. The van der Waals surface area contributed by atoms with Crippen molar-refractivity contribution in [3.8, 4) is 6.07 Å². The summed E-state index contributed by atoms with van der Waals surface area (Å²) >= 11 is 5.85. The van der Waals surface area contributed by atoms with E-state index in [1.165, 1.54) is 0 Å². The summed E-state index contributed by atoms with van der Waals surface area (Å²) in [6, 6.07) is 9.80. The molecule has 0 aliphatic heterocycles. The average molecular weight is 306 g/mol. The summed E-state index contributed by atoms with van der Waals surface area (Å²) in [6.07, 6.45) is 2.04. The third-order valence-corrected chi connectivity index (χ3v) is 4.06. The lowest BCUT2D eigenvalue weighted by Gasteiger charge is -2.25. The quantitative estimate of drug-likeness (QED) is 0.879. The highest BCUT2D eigenvalue weighted by molar-refractivity contribution is 6.30. The number of nitrogens with one attached hydrogen (secondary N) is 1. The van der Waals surface area contributed by atoms with E-state index in [1.807, 2.05) is 43.1 Å². The lowest BCUT2D eigenvalue weighted by Crippen LogP contribution is -2.49. The molecule has 112 valence electrons. The molecule has 1 aliphatic carbocycles. The van der Waals surface area contributed by atoms with E-state index in [1.54, 1.807) is 0 Å². The number of carbonyl (C=O) groups excluding carboxylic acids is 1. The first-order chi connectivity index (χ1) is 9.93. The Morgan fingerprint density at radius 2 is 2.10 bits per heavy atom. The fourth-order valence-electron chi connectivity index (χ4n) is 2.41. The molecule has 1 aromatic rings. The van der Waals surface area contributed by atoms with Crippen LogP contribution in [0, 0.1) is 17.2 Å². The zero-order valence-electron chi connectivity index (χ0n) is 12.4. The maximum absolute atomic E-state index is 12.1. The molecule has 0 spiro atoms. The summed E-state index contributed by atoms with van der Waals surface area (Å²) in [6.45, 7) is 2.74. The Morgan fingerprint density at radius 1 is 1.48 bits per heavy atom. The van der Waals surface area contributed by atoms with Gasteiger partial charge in [-0.2, -0.15) is 5.26 Å². The molecule has 0 aromatic heterocycles. The number of likely N-dealkylation sites (N-methyl/N-ethyl adjacent to an activating group) is 1. The van der Waals surface area contributed by atoms with E-state index >= 15 is 0 Å². The molecule has 1 aliphatic rings. The molecule has 4 nitrogen and oxygen atoms in total. The van der Waals surface area contributed by atoms with E-state index in [4.69, 9.17) is 11.6 Å². The van der Waals surface area contributed by atoms with Crippen molar-refractivity contribution in [3.05, 3.63) is 34.9 Å². The van der Waals surface area contributed by atoms with E-state index < -0.39 is 5.54 Å². The van der Waals surface area contributed by atoms with Crippen molar-refractivity contribution in [2.45, 2.75) is 31.8 Å². The van der Waals surface area contributed by atoms with E-state index in [0.29, 0.717) is 17.5 Å². The summed E-state index contributed by atoms with van der Waals surface area (Å²) in [5.41, 5.74) is 0.373. The minimum atomic E-state index is -0.724. The van der Waals surface area contributed by atoms with Crippen LogP contribution >= 0.6 is 11.6 Å². The molecule has 1 amide bonds. The van der Waals surface area contributed by atoms with Crippen molar-refractivity contribution in [1.29, 1.82) is 5.26 Å². The first-order valence-electron chi connectivity index (χ1n) is 7.08. The molecular weight excluding hydrogens is 286 g/mol. The van der Waals surface area contributed by atoms with E-state index in [-0.39, 0.29) is 12.5 Å². The molecule has 2 rings (SSSR count). The number of amides is 1. The number of nitrogens with zero attached hydrogens (tertiary/aromatic N) is 2. The lowest BCUT2D eigenvalue weighted by molar-refractivity contribution is -0.123. The SMILES string of the molecule is CN(CC(=O)N[C@@](C)(C#N)C1CC1)Cc1ccc(Cl)cc1. The van der Waals surface area contributed by atoms with Gasteiger partial charge in [-0.1, -0.05) is 23.7 Å². The van der Waals surface area contributed by atoms with Crippen molar-refractivity contribution < 1.29 is 4.79 Å². The average Bonchev–Trinajstić information content (AvgIpc) is 3.25. The van der Waals surface area contributed by atoms with Crippen LogP contribution in [0.4, 0.5) is 0 Å². The number of halogens is 1. The third-order valence-electron chi connectivity index (χ3n) is 3.80. The number of hydrogen-bond donors (Lipinski definition) is 1. The molecule has 0 radical (unpaired) electrons. The molecule has 21 heavy (non-hydrogen) atoms. The van der Waals surface area contributed by atoms with Crippen LogP contribution in [-0.4, -0.2) is 29.9 Å². The van der Waals surface area contributed by atoms with Gasteiger partial charge in [-0.3, -0.25) is 9.69 Å². The van der Waals surface area contributed by atoms with Gasteiger partial charge in [0, 0.05) is 11.6 Å². The van der Waals surface area contributed by atoms with Gasteiger partial charge in [0.05, 0.1) is 12.6 Å². The predicted octanol–water partition coefficient (Wildman–Crippen LogP) is 2.58. The second-order valence-electron chi connectivity index (χ2n) is 5.94. The van der Waals surface area contributed by atoms with E-state index in [9.17, 15) is 10.1 Å². The Labute approximate surface area is 130 Å². The van der Waals surface area contributed by atoms with E-state index in [2.05, 4.69) is 11.4 Å². The van der Waals surface area contributed by atoms with Crippen molar-refractivity contribution in [3.63, 3.8) is 0 Å². The monoisotopic (exact) mass is 305 g/mol. The van der Waals surface area contributed by atoms with Crippen LogP contribution < -0.4 is 5.32 Å². The third kappa shape index (κ3) is 4.45. The molecule has 1 N–H and O–H groups in total. The lowest BCUT2D eigenvalue weighted by atomic mass is 9.98. The van der Waals surface area contributed by atoms with Gasteiger partial charge in [-0.05, 0) is 50.4 Å². The summed E-state index contributed by atoms with van der Waals surface area (Å²) in [4.78, 5) is 14.0. The van der Waals surface area contributed by atoms with Gasteiger partial charge in [0.1, 0.15) is 5.54 Å². The highest BCUT2D eigenvalue weighted by atomic mass is 35.5. The van der Waals surface area contributed by atoms with Crippen LogP contribution in [0.25, 0.3) is 0 Å². The van der Waals surface area contributed by atoms with Gasteiger partial charge in [0.2, 0.25) is 5.91 Å². The zero-order valence-corrected chi connectivity index (χ0v) is 13.2. The predicted molar refractivity (Wildman–Crippen MR) is 82.7 cm³/mol. The summed E-state index contributed by atoms with van der Waals surface area (Å²) < 4.78 is 0. The number of nitriles is 1. The van der Waals surface area contributed by atoms with Crippen LogP contribution in [-0.2, 0) is 11.3 Å². The Bertz CT molecular complexity index is 548. The maximum atomic E-state index is 12.1. The van der Waals surface area contributed by atoms with Crippen molar-refractivity contribution in [2.75, 3.05) is 13.6 Å². The van der Waals surface area contributed by atoms with Gasteiger partial charge in [-0.25, -0.2) is 0 Å². The van der Waals surface area contributed by atoms with Crippen LogP contribution in [0.15, 0.2) is 24.3 Å². The molecule has 0 bridgehead atoms. The van der Waals surface area contributed by atoms with Crippen molar-refractivity contribution in [1.82, 2.24) is 10.2 Å². The fourth-order valence-corrected chi connectivity index (χ4v) is 2.54. The second-order valence-corrected chi connectivity index (χ2v) is 6.37. The first kappa shape index (κ1) is 15.8. The topological polar surface area (TPSA) is 56.1 Å². The molecule has 1 aromatic carbocycles. The van der Waals surface area contributed by atoms with E-state index in [0.717, 1.165) is 18.4 Å². The van der Waals surface area contributed by atoms with Crippen LogP contribution in [0.2, 0.25) is 5.02 Å². The normalized spacial score (nSPS) is 17.1. The van der Waals surface area contributed by atoms with Gasteiger partial charge in [0.25, 0.3) is 0 Å². The zero-order chi connectivity index (χ0) is 15.5. The highest BCUT2D eigenvalue weighted by Gasteiger charge is 2.42. The first-order valence-corrected chi connectivity index (χ1v) is 7.46. The van der Waals surface area contributed by atoms with Gasteiger partial charge in [0.15, 0.2) is 0 Å². The molecule has 1 atom stereocenters. The van der Waals surface area contributed by atoms with Gasteiger partial charge in [-0.15, -0.1) is 0 Å². The standard InChI is InChI=1S/C16H20ClN3O/c1-16(11-18,13-5-6-13)19-15(21)10-20(2)9-12-3-7-14(17)8-4-12/h3-4,7-8,13H,5-6,9-10H2,1-2H3,(H,19,21)/t16-/m0/s1. The fraction of sp³-hybridized carbons (Fsp3) is 0.500. The summed E-state index contributed by atoms with van der Waals surface area (Å²) in [7, 11) is 1.88. The highest BCUT2D eigenvalue weighted by Crippen LogP contribution is 2.39. The molecule has 1 fully saturated rings. The number of hydrogen-bond acceptors (Lipinski definition) is 3. The molecule has 0 heterocycles. The van der Waals surface area contributed by atoms with Crippen molar-refractivity contribution in [2.24, 2.45) is 5.92 Å². The Balaban J connectivity index is 1.84. The number of benzene rings is 1. The largest absolute Gasteiger partial charge is 0.337 e.